The summed E-state index contributed by atoms with van der Waals surface area (Å²) in [7, 11) is 0. The smallest absolute Gasteiger partial charge is 0.276 e. The first-order chi connectivity index (χ1) is 25.9. The number of hydrogen-bond acceptors (Lipinski definition) is 14. The third-order valence-electron chi connectivity index (χ3n) is 9.58. The average molecular weight is 780 g/mol. The van der Waals surface area contributed by atoms with Gasteiger partial charge in [-0.2, -0.15) is 0 Å². The van der Waals surface area contributed by atoms with Gasteiger partial charge < -0.3 is 30.3 Å². The molecular formula is C36H32Cl2N6O10. The molecule has 2 fully saturated rings. The maximum absolute atomic E-state index is 14.1. The number of fused-ring (bicyclic) bond motifs is 2. The normalized spacial score (nSPS) is 18.4. The van der Waals surface area contributed by atoms with Crippen molar-refractivity contribution in [2.24, 2.45) is 0 Å². The predicted octanol–water partition coefficient (Wildman–Crippen LogP) is 5.88. The predicted molar refractivity (Wildman–Crippen MR) is 197 cm³/mol. The van der Waals surface area contributed by atoms with Crippen molar-refractivity contribution in [3.63, 3.8) is 0 Å². The Balaban J connectivity index is 1.13. The number of nitrogens with one attached hydrogen (secondary N) is 2. The fourth-order valence-electron chi connectivity index (χ4n) is 7.15. The quantitative estimate of drug-likeness (QED) is 0.0662. The van der Waals surface area contributed by atoms with Crippen LogP contribution >= 0.6 is 23.2 Å². The van der Waals surface area contributed by atoms with Gasteiger partial charge in [0.1, 0.15) is 24.0 Å². The molecule has 1 aliphatic carbocycles. The monoisotopic (exact) mass is 778 g/mol. The molecule has 18 heteroatoms. The van der Waals surface area contributed by atoms with Gasteiger partial charge in [0.2, 0.25) is 11.6 Å². The lowest BCUT2D eigenvalue weighted by Crippen LogP contribution is -2.31. The molecule has 3 aliphatic rings. The van der Waals surface area contributed by atoms with Crippen molar-refractivity contribution in [3.05, 3.63) is 124 Å². The number of rotatable bonds is 12. The lowest BCUT2D eigenvalue weighted by Gasteiger charge is -2.27. The molecule has 4 N–H and O–H groups in total. The van der Waals surface area contributed by atoms with Crippen molar-refractivity contribution < 1.29 is 39.1 Å². The molecule has 0 spiro atoms. The Morgan fingerprint density at radius 1 is 0.667 bits per heavy atom. The van der Waals surface area contributed by atoms with Crippen molar-refractivity contribution in [3.8, 4) is 11.5 Å². The van der Waals surface area contributed by atoms with E-state index in [1.165, 1.54) is 36.4 Å². The molecule has 2 atom stereocenters. The zero-order chi connectivity index (χ0) is 38.3. The second-order valence-corrected chi connectivity index (χ2v) is 13.6. The van der Waals surface area contributed by atoms with Crippen LogP contribution in [-0.4, -0.2) is 93.9 Å². The summed E-state index contributed by atoms with van der Waals surface area (Å²) in [6, 6.07) is 14.0. The molecule has 0 aromatic heterocycles. The van der Waals surface area contributed by atoms with Crippen LogP contribution in [0.5, 0.6) is 11.5 Å². The molecule has 54 heavy (non-hydrogen) atoms. The molecule has 2 saturated heterocycles. The number of phenolic OH excluding ortho intramolecular Hbond substituents is 2. The lowest BCUT2D eigenvalue weighted by atomic mass is 9.81. The minimum Gasteiger partial charge on any atom is -0.507 e. The maximum atomic E-state index is 14.1. The van der Waals surface area contributed by atoms with Gasteiger partial charge in [0.25, 0.3) is 11.4 Å². The molecule has 0 saturated carbocycles. The van der Waals surface area contributed by atoms with E-state index in [4.69, 9.17) is 32.7 Å². The van der Waals surface area contributed by atoms with Crippen LogP contribution in [0.1, 0.15) is 55.4 Å². The molecule has 0 radical (unpaired) electrons. The number of nitro groups is 2. The van der Waals surface area contributed by atoms with Gasteiger partial charge >= 0.3 is 0 Å². The van der Waals surface area contributed by atoms with E-state index in [0.717, 1.165) is 12.1 Å². The summed E-state index contributed by atoms with van der Waals surface area (Å²) in [6.07, 6.45) is -1.49. The summed E-state index contributed by atoms with van der Waals surface area (Å²) in [6.45, 7) is 2.63. The van der Waals surface area contributed by atoms with Crippen molar-refractivity contribution in [1.29, 1.82) is 0 Å². The number of nitro benzene ring substituents is 2. The van der Waals surface area contributed by atoms with Crippen molar-refractivity contribution in [1.82, 2.24) is 9.80 Å². The van der Waals surface area contributed by atoms with E-state index in [0.29, 0.717) is 60.6 Å². The van der Waals surface area contributed by atoms with Crippen LogP contribution in [0.2, 0.25) is 10.0 Å². The molecule has 0 bridgehead atoms. The Bertz CT molecular complexity index is 2050. The van der Waals surface area contributed by atoms with Crippen LogP contribution in [0.25, 0.3) is 0 Å². The maximum Gasteiger partial charge on any atom is 0.276 e. The van der Waals surface area contributed by atoms with Crippen LogP contribution in [0.4, 0.5) is 22.7 Å². The summed E-state index contributed by atoms with van der Waals surface area (Å²) < 4.78 is 11.7. The van der Waals surface area contributed by atoms with Crippen LogP contribution in [0.15, 0.2) is 60.7 Å². The van der Waals surface area contributed by atoms with E-state index in [9.17, 15) is 40.0 Å². The van der Waals surface area contributed by atoms with Gasteiger partial charge in [-0.15, -0.1) is 0 Å². The average Bonchev–Trinajstić information content (AvgIpc) is 3.81. The van der Waals surface area contributed by atoms with Gasteiger partial charge in [-0.1, -0.05) is 23.2 Å². The molecule has 16 nitrogen and oxygen atoms in total. The highest BCUT2D eigenvalue weighted by atomic mass is 35.5. The van der Waals surface area contributed by atoms with Gasteiger partial charge in [-0.3, -0.25) is 39.6 Å². The molecule has 280 valence electrons. The Morgan fingerprint density at radius 2 is 1.07 bits per heavy atom. The molecule has 2 heterocycles. The summed E-state index contributed by atoms with van der Waals surface area (Å²) >= 11 is 12.3. The van der Waals surface area contributed by atoms with Crippen molar-refractivity contribution in [2.75, 3.05) is 63.1 Å². The molecule has 4 aromatic carbocycles. The molecule has 7 rings (SSSR count). The van der Waals surface area contributed by atoms with E-state index in [-0.39, 0.29) is 58.1 Å². The third kappa shape index (κ3) is 6.90. The summed E-state index contributed by atoms with van der Waals surface area (Å²) in [5, 5.41) is 51.9. The Kier molecular flexibility index (Phi) is 10.4. The second-order valence-electron chi connectivity index (χ2n) is 12.7. The minimum absolute atomic E-state index is 0.0185. The number of phenols is 2. The Labute approximate surface area is 317 Å². The molecule has 0 amide bonds. The Hall–Kier alpha value is -5.36. The van der Waals surface area contributed by atoms with Gasteiger partial charge in [-0.25, -0.2) is 0 Å². The number of hydrogen-bond donors (Lipinski definition) is 4. The summed E-state index contributed by atoms with van der Waals surface area (Å²) in [4.78, 5) is 54.5. The van der Waals surface area contributed by atoms with Crippen molar-refractivity contribution >= 4 is 57.5 Å². The van der Waals surface area contributed by atoms with Crippen LogP contribution in [-0.2, 0) is 9.47 Å². The second kappa shape index (κ2) is 15.2. The molecule has 2 unspecified atom stereocenters. The zero-order valence-corrected chi connectivity index (χ0v) is 29.8. The molecule has 2 aliphatic heterocycles. The van der Waals surface area contributed by atoms with E-state index >= 15 is 0 Å². The van der Waals surface area contributed by atoms with Gasteiger partial charge in [0.05, 0.1) is 56.4 Å². The van der Waals surface area contributed by atoms with Crippen LogP contribution in [0, 0.1) is 20.2 Å². The number of halogens is 2. The number of anilines is 2. The topological polar surface area (TPSA) is 210 Å². The van der Waals surface area contributed by atoms with E-state index in [1.54, 1.807) is 12.1 Å². The number of benzene rings is 4. The zero-order valence-electron chi connectivity index (χ0n) is 28.3. The lowest BCUT2D eigenvalue weighted by molar-refractivity contribution is -0.386. The number of carbonyl (C=O) groups excluding carboxylic acids is 2. The minimum atomic E-state index is -0.744. The van der Waals surface area contributed by atoms with Gasteiger partial charge in [0.15, 0.2) is 0 Å². The number of carbonyl (C=O) groups is 2. The first-order valence-electron chi connectivity index (χ1n) is 16.8. The summed E-state index contributed by atoms with van der Waals surface area (Å²) in [5.74, 6) is -2.30. The van der Waals surface area contributed by atoms with E-state index in [1.807, 2.05) is 9.80 Å². The standard InChI is InChI=1S/C36H32Cl2N6O10/c37-19-1-5-25(43(49)50)21(17-19)35-41(13-15-53-35)11-9-39-23-3-4-24(30-29(23)33(47)31-27(45)7-8-28(46)32(31)34(30)48)40-10-12-42-14-16-54-36(42)22-18-20(38)2-6-26(22)44(51)52/h1-8,17-18,35-36,39-40,45-46H,9-16H2. The fraction of sp³-hybridized carbons (Fsp3) is 0.278. The number of aromatic hydroxyl groups is 2. The van der Waals surface area contributed by atoms with Crippen LogP contribution < -0.4 is 10.6 Å². The first kappa shape index (κ1) is 37.0. The molecular weight excluding hydrogens is 747 g/mol. The summed E-state index contributed by atoms with van der Waals surface area (Å²) in [5.41, 5.74) is 0.235. The SMILES string of the molecule is O=C1c2c(O)ccc(O)c2C(=O)c2c(NCCN3CCOC3c3cc(Cl)ccc3[N+](=O)[O-])ccc(NCCN3CCOC3c3cc(Cl)ccc3[N+](=O)[O-])c21. The highest BCUT2D eigenvalue weighted by Gasteiger charge is 2.39. The van der Waals surface area contributed by atoms with E-state index in [2.05, 4.69) is 10.6 Å². The number of ketones is 2. The largest absolute Gasteiger partial charge is 0.507 e. The first-order valence-corrected chi connectivity index (χ1v) is 17.6. The van der Waals surface area contributed by atoms with Crippen LogP contribution in [0.3, 0.4) is 0 Å². The fourth-order valence-corrected chi connectivity index (χ4v) is 7.51. The van der Waals surface area contributed by atoms with Crippen molar-refractivity contribution in [2.45, 2.75) is 12.5 Å². The number of nitrogens with zero attached hydrogens (tertiary/aromatic N) is 4. The third-order valence-corrected chi connectivity index (χ3v) is 10.1. The number of ether oxygens (including phenoxy) is 2. The Morgan fingerprint density at radius 3 is 1.46 bits per heavy atom. The van der Waals surface area contributed by atoms with E-state index < -0.39 is 45.4 Å². The van der Waals surface area contributed by atoms with Gasteiger partial charge in [0, 0.05) is 72.8 Å². The highest BCUT2D eigenvalue weighted by molar-refractivity contribution is 6.33. The molecule has 4 aromatic rings. The highest BCUT2D eigenvalue weighted by Crippen LogP contribution is 2.43. The van der Waals surface area contributed by atoms with Gasteiger partial charge in [-0.05, 0) is 48.5 Å².